The van der Waals surface area contributed by atoms with Crippen LogP contribution >= 0.6 is 15.9 Å². The molecule has 1 aliphatic rings. The van der Waals surface area contributed by atoms with Gasteiger partial charge in [-0.2, -0.15) is 0 Å². The number of carbonyl (C=O) groups is 2. The standard InChI is InChI=1S/C13H13BrFN3O2/c1-8(14)7-17-12(19)10-6-9(2-3-11(10)15)18-5-4-16-13(18)20/h2-3,6H,1,4-5,7H2,(H,16,20)(H,17,19). The number of benzene rings is 1. The fourth-order valence-electron chi connectivity index (χ4n) is 1.84. The van der Waals surface area contributed by atoms with E-state index < -0.39 is 11.7 Å². The summed E-state index contributed by atoms with van der Waals surface area (Å²) in [6, 6.07) is 3.77. The molecule has 106 valence electrons. The molecule has 0 aromatic heterocycles. The zero-order chi connectivity index (χ0) is 14.7. The Morgan fingerprint density at radius 2 is 2.30 bits per heavy atom. The first-order valence-electron chi connectivity index (χ1n) is 5.95. The molecule has 5 nitrogen and oxygen atoms in total. The van der Waals surface area contributed by atoms with Gasteiger partial charge < -0.3 is 10.6 Å². The van der Waals surface area contributed by atoms with Gasteiger partial charge in [0.1, 0.15) is 5.82 Å². The first-order chi connectivity index (χ1) is 9.49. The topological polar surface area (TPSA) is 61.4 Å². The molecule has 0 aliphatic carbocycles. The molecule has 1 aromatic rings. The van der Waals surface area contributed by atoms with E-state index in [2.05, 4.69) is 33.1 Å². The molecule has 0 unspecified atom stereocenters. The second-order valence-electron chi connectivity index (χ2n) is 4.25. The highest BCUT2D eigenvalue weighted by atomic mass is 79.9. The summed E-state index contributed by atoms with van der Waals surface area (Å²) >= 11 is 3.11. The summed E-state index contributed by atoms with van der Waals surface area (Å²) in [6.45, 7) is 4.80. The van der Waals surface area contributed by atoms with Gasteiger partial charge in [-0.3, -0.25) is 9.69 Å². The Morgan fingerprint density at radius 3 is 2.90 bits per heavy atom. The van der Waals surface area contributed by atoms with Gasteiger partial charge in [-0.15, -0.1) is 0 Å². The minimum Gasteiger partial charge on any atom is -0.347 e. The van der Waals surface area contributed by atoms with Gasteiger partial charge >= 0.3 is 6.03 Å². The molecule has 2 rings (SSSR count). The van der Waals surface area contributed by atoms with Crippen molar-refractivity contribution < 1.29 is 14.0 Å². The largest absolute Gasteiger partial charge is 0.347 e. The number of hydrogen-bond acceptors (Lipinski definition) is 2. The summed E-state index contributed by atoms with van der Waals surface area (Å²) in [6.07, 6.45) is 0. The Labute approximate surface area is 124 Å². The molecular weight excluding hydrogens is 329 g/mol. The van der Waals surface area contributed by atoms with Crippen molar-refractivity contribution in [3.8, 4) is 0 Å². The van der Waals surface area contributed by atoms with E-state index in [9.17, 15) is 14.0 Å². The van der Waals surface area contributed by atoms with Crippen molar-refractivity contribution in [1.82, 2.24) is 10.6 Å². The first-order valence-corrected chi connectivity index (χ1v) is 6.74. The third-order valence-corrected chi connectivity index (χ3v) is 3.08. The van der Waals surface area contributed by atoms with Gasteiger partial charge in [0.2, 0.25) is 0 Å². The smallest absolute Gasteiger partial charge is 0.321 e. The van der Waals surface area contributed by atoms with Crippen LogP contribution in [0.1, 0.15) is 10.4 Å². The maximum atomic E-state index is 13.7. The third-order valence-electron chi connectivity index (χ3n) is 2.80. The number of urea groups is 1. The predicted molar refractivity (Wildman–Crippen MR) is 77.5 cm³/mol. The summed E-state index contributed by atoms with van der Waals surface area (Å²) in [4.78, 5) is 24.9. The molecule has 1 fully saturated rings. The molecule has 1 aliphatic heterocycles. The monoisotopic (exact) mass is 341 g/mol. The van der Waals surface area contributed by atoms with E-state index >= 15 is 0 Å². The quantitative estimate of drug-likeness (QED) is 0.879. The highest BCUT2D eigenvalue weighted by molar-refractivity contribution is 9.11. The van der Waals surface area contributed by atoms with Crippen LogP contribution in [0.4, 0.5) is 14.9 Å². The van der Waals surface area contributed by atoms with E-state index in [-0.39, 0.29) is 18.1 Å². The summed E-state index contributed by atoms with van der Waals surface area (Å²) in [5.74, 6) is -1.18. The number of nitrogens with zero attached hydrogens (tertiary/aromatic N) is 1. The molecule has 0 bridgehead atoms. The highest BCUT2D eigenvalue weighted by Crippen LogP contribution is 2.20. The normalized spacial score (nSPS) is 14.1. The second-order valence-corrected chi connectivity index (χ2v) is 5.37. The molecule has 1 saturated heterocycles. The fraction of sp³-hybridized carbons (Fsp3) is 0.231. The van der Waals surface area contributed by atoms with Crippen molar-refractivity contribution in [2.45, 2.75) is 0 Å². The maximum Gasteiger partial charge on any atom is 0.321 e. The van der Waals surface area contributed by atoms with Gasteiger partial charge in [-0.25, -0.2) is 9.18 Å². The van der Waals surface area contributed by atoms with E-state index in [1.807, 2.05) is 0 Å². The summed E-state index contributed by atoms with van der Waals surface area (Å²) < 4.78 is 14.3. The Hall–Kier alpha value is -1.89. The number of halogens is 2. The lowest BCUT2D eigenvalue weighted by atomic mass is 10.1. The number of amides is 3. The van der Waals surface area contributed by atoms with Crippen LogP contribution in [0.25, 0.3) is 0 Å². The number of hydrogen-bond donors (Lipinski definition) is 2. The van der Waals surface area contributed by atoms with E-state index in [4.69, 9.17) is 0 Å². The van der Waals surface area contributed by atoms with Gasteiger partial charge in [0.15, 0.2) is 0 Å². The molecule has 7 heteroatoms. The lowest BCUT2D eigenvalue weighted by Gasteiger charge is -2.15. The van der Waals surface area contributed by atoms with Crippen LogP contribution < -0.4 is 15.5 Å². The summed E-state index contributed by atoms with van der Waals surface area (Å²) in [7, 11) is 0. The lowest BCUT2D eigenvalue weighted by Crippen LogP contribution is -2.29. The Kier molecular flexibility index (Phi) is 4.39. The molecule has 0 spiro atoms. The van der Waals surface area contributed by atoms with E-state index in [0.29, 0.717) is 23.3 Å². The molecule has 0 saturated carbocycles. The molecule has 0 atom stereocenters. The zero-order valence-corrected chi connectivity index (χ0v) is 12.2. The van der Waals surface area contributed by atoms with Crippen molar-refractivity contribution >= 4 is 33.6 Å². The molecule has 1 aromatic carbocycles. The van der Waals surface area contributed by atoms with Crippen molar-refractivity contribution in [3.63, 3.8) is 0 Å². The van der Waals surface area contributed by atoms with E-state index in [1.165, 1.54) is 23.1 Å². The van der Waals surface area contributed by atoms with Gasteiger partial charge in [0, 0.05) is 29.8 Å². The number of nitrogens with one attached hydrogen (secondary N) is 2. The van der Waals surface area contributed by atoms with Crippen molar-refractivity contribution in [2.75, 3.05) is 24.5 Å². The predicted octanol–water partition coefficient (Wildman–Crippen LogP) is 1.99. The van der Waals surface area contributed by atoms with Crippen molar-refractivity contribution in [2.24, 2.45) is 0 Å². The molecule has 0 radical (unpaired) electrons. The van der Waals surface area contributed by atoms with Crippen LogP contribution in [0, 0.1) is 5.82 Å². The van der Waals surface area contributed by atoms with Crippen LogP contribution in [0.2, 0.25) is 0 Å². The van der Waals surface area contributed by atoms with Crippen LogP contribution in [0.15, 0.2) is 29.3 Å². The molecular formula is C13H13BrFN3O2. The number of carbonyl (C=O) groups excluding carboxylic acids is 2. The van der Waals surface area contributed by atoms with Crippen LogP contribution in [0.3, 0.4) is 0 Å². The number of anilines is 1. The SMILES string of the molecule is C=C(Br)CNC(=O)c1cc(N2CCNC2=O)ccc1F. The maximum absolute atomic E-state index is 13.7. The van der Waals surface area contributed by atoms with Gasteiger partial charge in [0.05, 0.1) is 5.56 Å². The second kappa shape index (κ2) is 6.04. The Bertz CT molecular complexity index is 577. The van der Waals surface area contributed by atoms with E-state index in [0.717, 1.165) is 0 Å². The third kappa shape index (κ3) is 3.16. The Morgan fingerprint density at radius 1 is 1.55 bits per heavy atom. The molecule has 2 N–H and O–H groups in total. The van der Waals surface area contributed by atoms with Crippen LogP contribution in [-0.2, 0) is 0 Å². The van der Waals surface area contributed by atoms with Crippen molar-refractivity contribution in [1.29, 1.82) is 0 Å². The minimum absolute atomic E-state index is 0.101. The fourth-order valence-corrected chi connectivity index (χ4v) is 1.98. The summed E-state index contributed by atoms with van der Waals surface area (Å²) in [5.41, 5.74) is 0.389. The van der Waals surface area contributed by atoms with Crippen LogP contribution in [0.5, 0.6) is 0 Å². The van der Waals surface area contributed by atoms with Gasteiger partial charge in [-0.05, 0) is 18.2 Å². The van der Waals surface area contributed by atoms with Crippen molar-refractivity contribution in [3.05, 3.63) is 40.6 Å². The number of rotatable bonds is 4. The molecule has 3 amide bonds. The zero-order valence-electron chi connectivity index (χ0n) is 10.6. The molecule has 20 heavy (non-hydrogen) atoms. The lowest BCUT2D eigenvalue weighted by molar-refractivity contribution is 0.0953. The van der Waals surface area contributed by atoms with Crippen LogP contribution in [-0.4, -0.2) is 31.6 Å². The summed E-state index contributed by atoms with van der Waals surface area (Å²) in [5, 5.41) is 5.17. The minimum atomic E-state index is -0.633. The first kappa shape index (κ1) is 14.5. The van der Waals surface area contributed by atoms with E-state index in [1.54, 1.807) is 0 Å². The average molecular weight is 342 g/mol. The van der Waals surface area contributed by atoms with Gasteiger partial charge in [0.25, 0.3) is 5.91 Å². The highest BCUT2D eigenvalue weighted by Gasteiger charge is 2.23. The Balaban J connectivity index is 2.22. The average Bonchev–Trinajstić information content (AvgIpc) is 2.83. The van der Waals surface area contributed by atoms with Gasteiger partial charge in [-0.1, -0.05) is 22.5 Å². The molecule has 1 heterocycles.